The molecule has 0 aliphatic heterocycles. The molecule has 0 radical (unpaired) electrons. The van der Waals surface area contributed by atoms with Crippen LogP contribution in [0.3, 0.4) is 0 Å². The van der Waals surface area contributed by atoms with E-state index >= 15 is 0 Å². The predicted molar refractivity (Wildman–Crippen MR) is 95.0 cm³/mol. The van der Waals surface area contributed by atoms with Gasteiger partial charge in [0.2, 0.25) is 0 Å². The number of halogens is 2. The Kier molecular flexibility index (Phi) is 4.84. The van der Waals surface area contributed by atoms with Crippen molar-refractivity contribution in [2.45, 2.75) is 20.8 Å². The minimum absolute atomic E-state index is 0.0705. The summed E-state index contributed by atoms with van der Waals surface area (Å²) in [7, 11) is 0. The third kappa shape index (κ3) is 3.52. The van der Waals surface area contributed by atoms with E-state index in [1.54, 1.807) is 6.08 Å². The van der Waals surface area contributed by atoms with Crippen molar-refractivity contribution >= 4 is 54.7 Å². The van der Waals surface area contributed by atoms with E-state index in [4.69, 9.17) is 5.73 Å². The summed E-state index contributed by atoms with van der Waals surface area (Å²) in [5, 5.41) is 0. The van der Waals surface area contributed by atoms with E-state index in [1.807, 2.05) is 39.0 Å². The number of anilines is 1. The molecule has 0 unspecified atom stereocenters. The van der Waals surface area contributed by atoms with Crippen LogP contribution in [-0.4, -0.2) is 11.5 Å². The van der Waals surface area contributed by atoms with Gasteiger partial charge in [-0.25, -0.2) is 4.99 Å². The molecule has 0 saturated carbocycles. The molecule has 21 heavy (non-hydrogen) atoms. The Balaban J connectivity index is 2.49. The van der Waals surface area contributed by atoms with E-state index in [0.717, 1.165) is 31.5 Å². The van der Waals surface area contributed by atoms with Crippen LogP contribution in [0.5, 0.6) is 0 Å². The van der Waals surface area contributed by atoms with Crippen molar-refractivity contribution in [2.75, 3.05) is 5.73 Å². The summed E-state index contributed by atoms with van der Waals surface area (Å²) < 4.78 is 1.58. The normalized spacial score (nSPS) is 17.2. The highest BCUT2D eigenvalue weighted by molar-refractivity contribution is 9.11. The maximum absolute atomic E-state index is 12.0. The Morgan fingerprint density at radius 3 is 2.24 bits per heavy atom. The number of nitrogens with zero attached hydrogens (tertiary/aromatic N) is 1. The molecule has 0 spiro atoms. The van der Waals surface area contributed by atoms with Gasteiger partial charge in [0.25, 0.3) is 0 Å². The number of carbonyl (C=O) groups is 1. The Hall–Kier alpha value is -1.20. The summed E-state index contributed by atoms with van der Waals surface area (Å²) in [6.07, 6.45) is 3.52. The van der Waals surface area contributed by atoms with Crippen molar-refractivity contribution in [2.24, 2.45) is 10.9 Å². The fraction of sp³-hybridized carbons (Fsp3) is 0.250. The van der Waals surface area contributed by atoms with Gasteiger partial charge in [-0.2, -0.15) is 0 Å². The molecule has 0 heterocycles. The molecular formula is C16H16Br2N2O. The molecule has 1 aliphatic carbocycles. The molecule has 1 aliphatic rings. The molecule has 2 rings (SSSR count). The second-order valence-electron chi connectivity index (χ2n) is 5.27. The summed E-state index contributed by atoms with van der Waals surface area (Å²) >= 11 is 6.83. The zero-order valence-electron chi connectivity index (χ0n) is 12.1. The minimum Gasteiger partial charge on any atom is -0.397 e. The van der Waals surface area contributed by atoms with Gasteiger partial charge < -0.3 is 5.73 Å². The Labute approximate surface area is 141 Å². The van der Waals surface area contributed by atoms with Gasteiger partial charge >= 0.3 is 0 Å². The highest BCUT2D eigenvalue weighted by Gasteiger charge is 2.18. The second-order valence-corrected chi connectivity index (χ2v) is 6.97. The molecule has 3 nitrogen and oxygen atoms in total. The predicted octanol–water partition coefficient (Wildman–Crippen LogP) is 4.98. The van der Waals surface area contributed by atoms with Crippen LogP contribution < -0.4 is 5.73 Å². The molecule has 0 atom stereocenters. The number of nitrogen functional groups attached to an aromatic ring is 1. The molecule has 0 aromatic heterocycles. The van der Waals surface area contributed by atoms with E-state index in [2.05, 4.69) is 36.9 Å². The third-order valence-corrected chi connectivity index (χ3v) is 4.58. The fourth-order valence-electron chi connectivity index (χ4n) is 2.03. The number of benzene rings is 1. The Morgan fingerprint density at radius 1 is 1.14 bits per heavy atom. The topological polar surface area (TPSA) is 55.5 Å². The molecule has 0 saturated heterocycles. The summed E-state index contributed by atoms with van der Waals surface area (Å²) in [5.41, 5.74) is 9.76. The molecule has 110 valence electrons. The lowest BCUT2D eigenvalue weighted by atomic mass is 9.90. The lowest BCUT2D eigenvalue weighted by Crippen LogP contribution is -2.15. The third-order valence-electron chi connectivity index (χ3n) is 3.26. The molecule has 0 fully saturated rings. The Bertz CT molecular complexity index is 677. The highest BCUT2D eigenvalue weighted by atomic mass is 79.9. The van der Waals surface area contributed by atoms with Crippen LogP contribution in [0.2, 0.25) is 0 Å². The monoisotopic (exact) mass is 410 g/mol. The first-order valence-electron chi connectivity index (χ1n) is 6.57. The lowest BCUT2D eigenvalue weighted by molar-refractivity contribution is -0.111. The Morgan fingerprint density at radius 2 is 1.71 bits per heavy atom. The molecule has 1 aromatic carbocycles. The van der Waals surface area contributed by atoms with Crippen molar-refractivity contribution in [3.8, 4) is 0 Å². The van der Waals surface area contributed by atoms with Crippen molar-refractivity contribution in [3.63, 3.8) is 0 Å². The van der Waals surface area contributed by atoms with Gasteiger partial charge in [0.15, 0.2) is 5.78 Å². The van der Waals surface area contributed by atoms with Crippen molar-refractivity contribution in [1.82, 2.24) is 0 Å². The molecule has 1 aromatic rings. The molecular weight excluding hydrogens is 396 g/mol. The largest absolute Gasteiger partial charge is 0.397 e. The first kappa shape index (κ1) is 16.2. The first-order chi connectivity index (χ1) is 9.79. The SMILES string of the molecule is CC1=CC(=O)C(C(C)C)=CC1=Nc1cc(Br)c(N)c(Br)c1. The van der Waals surface area contributed by atoms with Gasteiger partial charge in [0.05, 0.1) is 17.1 Å². The number of hydrogen-bond donors (Lipinski definition) is 1. The van der Waals surface area contributed by atoms with Crippen LogP contribution >= 0.6 is 31.9 Å². The van der Waals surface area contributed by atoms with Gasteiger partial charge in [-0.15, -0.1) is 0 Å². The first-order valence-corrected chi connectivity index (χ1v) is 8.16. The summed E-state index contributed by atoms with van der Waals surface area (Å²) in [5.74, 6) is 0.248. The molecule has 0 amide bonds. The van der Waals surface area contributed by atoms with Crippen molar-refractivity contribution in [3.05, 3.63) is 44.4 Å². The minimum atomic E-state index is 0.0705. The number of allylic oxidation sites excluding steroid dienone is 4. The molecule has 0 bridgehead atoms. The second kappa shape index (κ2) is 6.28. The number of nitrogens with two attached hydrogens (primary N) is 1. The smallest absolute Gasteiger partial charge is 0.182 e. The highest BCUT2D eigenvalue weighted by Crippen LogP contribution is 2.33. The fourth-order valence-corrected chi connectivity index (χ4v) is 3.19. The van der Waals surface area contributed by atoms with E-state index < -0.39 is 0 Å². The van der Waals surface area contributed by atoms with Gasteiger partial charge in [-0.3, -0.25) is 4.79 Å². The van der Waals surface area contributed by atoms with Crippen LogP contribution in [0.25, 0.3) is 0 Å². The summed E-state index contributed by atoms with van der Waals surface area (Å²) in [6, 6.07) is 3.72. The van der Waals surface area contributed by atoms with Crippen molar-refractivity contribution in [1.29, 1.82) is 0 Å². The van der Waals surface area contributed by atoms with E-state index in [1.165, 1.54) is 0 Å². The van der Waals surface area contributed by atoms with Crippen LogP contribution in [0, 0.1) is 5.92 Å². The molecule has 2 N–H and O–H groups in total. The average Bonchev–Trinajstić information content (AvgIpc) is 2.38. The zero-order valence-corrected chi connectivity index (χ0v) is 15.2. The zero-order chi connectivity index (χ0) is 15.7. The number of carbonyl (C=O) groups excluding carboxylic acids is 1. The maximum atomic E-state index is 12.0. The lowest BCUT2D eigenvalue weighted by Gasteiger charge is -2.15. The van der Waals surface area contributed by atoms with Crippen LogP contribution in [0.15, 0.2) is 49.4 Å². The standard InChI is InChI=1S/C16H16Br2N2O/c1-8(2)11-7-14(9(3)4-15(11)21)20-10-5-12(17)16(19)13(18)6-10/h4-8H,19H2,1-3H3. The number of hydrogen-bond acceptors (Lipinski definition) is 3. The van der Waals surface area contributed by atoms with Crippen molar-refractivity contribution < 1.29 is 4.79 Å². The summed E-state index contributed by atoms with van der Waals surface area (Å²) in [4.78, 5) is 16.6. The van der Waals surface area contributed by atoms with Gasteiger partial charge in [-0.1, -0.05) is 13.8 Å². The number of ketones is 1. The number of rotatable bonds is 2. The van der Waals surface area contributed by atoms with Crippen LogP contribution in [-0.2, 0) is 4.79 Å². The molecule has 5 heteroatoms. The van der Waals surface area contributed by atoms with Gasteiger partial charge in [-0.05, 0) is 74.6 Å². The van der Waals surface area contributed by atoms with E-state index in [9.17, 15) is 4.79 Å². The maximum Gasteiger partial charge on any atom is 0.182 e. The van der Waals surface area contributed by atoms with E-state index in [0.29, 0.717) is 5.69 Å². The van der Waals surface area contributed by atoms with E-state index in [-0.39, 0.29) is 11.7 Å². The quantitative estimate of drug-likeness (QED) is 0.551. The summed E-state index contributed by atoms with van der Waals surface area (Å²) in [6.45, 7) is 5.91. The van der Waals surface area contributed by atoms with Gasteiger partial charge in [0, 0.05) is 14.5 Å². The number of aliphatic imine (C=N–C) groups is 1. The van der Waals surface area contributed by atoms with Crippen LogP contribution in [0.1, 0.15) is 20.8 Å². The van der Waals surface area contributed by atoms with Gasteiger partial charge in [0.1, 0.15) is 0 Å². The van der Waals surface area contributed by atoms with Crippen LogP contribution in [0.4, 0.5) is 11.4 Å². The average molecular weight is 412 g/mol.